The minimum atomic E-state index is -0.546. The summed E-state index contributed by atoms with van der Waals surface area (Å²) in [5.41, 5.74) is 0.426. The van der Waals surface area contributed by atoms with Crippen LogP contribution >= 0.6 is 0 Å². The van der Waals surface area contributed by atoms with Crippen LogP contribution in [0, 0.1) is 11.7 Å². The van der Waals surface area contributed by atoms with Gasteiger partial charge in [0.25, 0.3) is 5.91 Å². The molecule has 1 rings (SSSR count). The van der Waals surface area contributed by atoms with E-state index >= 15 is 0 Å². The van der Waals surface area contributed by atoms with Crippen molar-refractivity contribution in [2.45, 2.75) is 40.5 Å². The molecule has 0 saturated carbocycles. The van der Waals surface area contributed by atoms with Gasteiger partial charge in [-0.2, -0.15) is 0 Å². The van der Waals surface area contributed by atoms with Crippen LogP contribution in [0.3, 0.4) is 0 Å². The Bertz CT molecular complexity index is 527. The molecule has 0 aliphatic carbocycles. The highest BCUT2D eigenvalue weighted by atomic mass is 19.1. The lowest BCUT2D eigenvalue weighted by Gasteiger charge is -2.25. The summed E-state index contributed by atoms with van der Waals surface area (Å²) < 4.78 is 13.7. The third-order valence-electron chi connectivity index (χ3n) is 3.83. The van der Waals surface area contributed by atoms with Gasteiger partial charge in [-0.15, -0.1) is 0 Å². The number of hydrogen-bond donors (Lipinski definition) is 1. The number of benzene rings is 1. The van der Waals surface area contributed by atoms with Crippen LogP contribution in [0.1, 0.15) is 50.9 Å². The Labute approximate surface area is 131 Å². The number of carbonyl (C=O) groups excluding carboxylic acids is 2. The first kappa shape index (κ1) is 18.1. The van der Waals surface area contributed by atoms with E-state index in [1.165, 1.54) is 25.1 Å². The molecule has 22 heavy (non-hydrogen) atoms. The van der Waals surface area contributed by atoms with Crippen molar-refractivity contribution in [3.63, 3.8) is 0 Å². The first-order valence-electron chi connectivity index (χ1n) is 7.79. The lowest BCUT2D eigenvalue weighted by Crippen LogP contribution is -2.35. The van der Waals surface area contributed by atoms with Gasteiger partial charge < -0.3 is 10.2 Å². The zero-order valence-electron chi connectivity index (χ0n) is 13.8. The molecule has 0 heterocycles. The van der Waals surface area contributed by atoms with Gasteiger partial charge in [0.05, 0.1) is 5.69 Å². The molecule has 4 nitrogen and oxygen atoms in total. The molecule has 0 saturated heterocycles. The SMILES string of the molecule is CCC(CC)CN(CC)C(=O)c1ccc(F)c(NC(C)=O)c1. The lowest BCUT2D eigenvalue weighted by molar-refractivity contribution is -0.114. The number of nitrogens with zero attached hydrogens (tertiary/aromatic N) is 1. The van der Waals surface area contributed by atoms with E-state index in [1.54, 1.807) is 4.90 Å². The van der Waals surface area contributed by atoms with Crippen LogP contribution in [-0.4, -0.2) is 29.8 Å². The van der Waals surface area contributed by atoms with Gasteiger partial charge in [-0.1, -0.05) is 26.7 Å². The quantitative estimate of drug-likeness (QED) is 0.835. The molecule has 0 bridgehead atoms. The molecular formula is C17H25FN2O2. The molecule has 0 radical (unpaired) electrons. The van der Waals surface area contributed by atoms with E-state index in [-0.39, 0.29) is 17.5 Å². The second-order valence-corrected chi connectivity index (χ2v) is 5.40. The van der Waals surface area contributed by atoms with E-state index in [0.717, 1.165) is 12.8 Å². The summed E-state index contributed by atoms with van der Waals surface area (Å²) in [6, 6.07) is 4.07. The Kier molecular flexibility index (Phi) is 7.02. The molecule has 0 unspecified atom stereocenters. The van der Waals surface area contributed by atoms with Gasteiger partial charge in [0, 0.05) is 25.6 Å². The number of carbonyl (C=O) groups is 2. The molecule has 2 amide bonds. The van der Waals surface area contributed by atoms with Crippen LogP contribution in [-0.2, 0) is 4.79 Å². The van der Waals surface area contributed by atoms with Crippen LogP contribution in [0.4, 0.5) is 10.1 Å². The minimum absolute atomic E-state index is 0.0388. The van der Waals surface area contributed by atoms with E-state index in [1.807, 2.05) is 6.92 Å². The maximum atomic E-state index is 13.7. The molecule has 0 atom stereocenters. The average molecular weight is 308 g/mol. The molecule has 0 spiro atoms. The molecule has 122 valence electrons. The smallest absolute Gasteiger partial charge is 0.253 e. The lowest BCUT2D eigenvalue weighted by atomic mass is 10.0. The predicted octanol–water partition coefficient (Wildman–Crippen LogP) is 3.68. The van der Waals surface area contributed by atoms with Crippen LogP contribution in [0.15, 0.2) is 18.2 Å². The monoisotopic (exact) mass is 308 g/mol. The second kappa shape index (κ2) is 8.51. The number of nitrogens with one attached hydrogen (secondary N) is 1. The van der Waals surface area contributed by atoms with Crippen LogP contribution in [0.2, 0.25) is 0 Å². The van der Waals surface area contributed by atoms with E-state index in [2.05, 4.69) is 19.2 Å². The summed E-state index contributed by atoms with van der Waals surface area (Å²) in [4.78, 5) is 25.4. The Hall–Kier alpha value is -1.91. The van der Waals surface area contributed by atoms with Crippen LogP contribution < -0.4 is 5.32 Å². The fourth-order valence-electron chi connectivity index (χ4n) is 2.34. The van der Waals surface area contributed by atoms with Crippen molar-refractivity contribution in [1.29, 1.82) is 0 Å². The predicted molar refractivity (Wildman–Crippen MR) is 86.4 cm³/mol. The van der Waals surface area contributed by atoms with E-state index < -0.39 is 5.82 Å². The molecule has 5 heteroatoms. The molecule has 1 aromatic rings. The molecule has 0 aliphatic heterocycles. The highest BCUT2D eigenvalue weighted by Crippen LogP contribution is 2.19. The van der Waals surface area contributed by atoms with Gasteiger partial charge >= 0.3 is 0 Å². The van der Waals surface area contributed by atoms with E-state index in [4.69, 9.17) is 0 Å². The van der Waals surface area contributed by atoms with Crippen molar-refractivity contribution < 1.29 is 14.0 Å². The molecule has 0 aliphatic rings. The first-order valence-corrected chi connectivity index (χ1v) is 7.79. The van der Waals surface area contributed by atoms with E-state index in [0.29, 0.717) is 24.6 Å². The summed E-state index contributed by atoms with van der Waals surface area (Å²) in [7, 11) is 0. The third kappa shape index (κ3) is 4.83. The number of hydrogen-bond acceptors (Lipinski definition) is 2. The maximum absolute atomic E-state index is 13.7. The summed E-state index contributed by atoms with van der Waals surface area (Å²) >= 11 is 0. The van der Waals surface area contributed by atoms with Crippen LogP contribution in [0.25, 0.3) is 0 Å². The fourth-order valence-corrected chi connectivity index (χ4v) is 2.34. The summed E-state index contributed by atoms with van der Waals surface area (Å²) in [5, 5.41) is 2.40. The minimum Gasteiger partial charge on any atom is -0.339 e. The summed E-state index contributed by atoms with van der Waals surface area (Å²) in [6.07, 6.45) is 2.03. The molecule has 0 aromatic heterocycles. The van der Waals surface area contributed by atoms with Crippen molar-refractivity contribution in [2.24, 2.45) is 5.92 Å². The molecule has 1 aromatic carbocycles. The van der Waals surface area contributed by atoms with Crippen LogP contribution in [0.5, 0.6) is 0 Å². The zero-order valence-corrected chi connectivity index (χ0v) is 13.8. The van der Waals surface area contributed by atoms with Crippen molar-refractivity contribution in [1.82, 2.24) is 4.90 Å². The normalized spacial score (nSPS) is 10.6. The molecule has 1 N–H and O–H groups in total. The average Bonchev–Trinajstić information content (AvgIpc) is 2.50. The summed E-state index contributed by atoms with van der Waals surface area (Å²) in [6.45, 7) is 8.74. The van der Waals surface area contributed by atoms with Gasteiger partial charge in [-0.05, 0) is 31.0 Å². The Morgan fingerprint density at radius 3 is 2.36 bits per heavy atom. The molecular weight excluding hydrogens is 283 g/mol. The van der Waals surface area contributed by atoms with Crippen molar-refractivity contribution >= 4 is 17.5 Å². The van der Waals surface area contributed by atoms with Gasteiger partial charge in [-0.3, -0.25) is 9.59 Å². The van der Waals surface area contributed by atoms with Gasteiger partial charge in [0.15, 0.2) is 0 Å². The van der Waals surface area contributed by atoms with Gasteiger partial charge in [0.2, 0.25) is 5.91 Å². The third-order valence-corrected chi connectivity index (χ3v) is 3.83. The number of rotatable bonds is 7. The fraction of sp³-hybridized carbons (Fsp3) is 0.529. The maximum Gasteiger partial charge on any atom is 0.253 e. The number of halogens is 1. The first-order chi connectivity index (χ1) is 10.4. The van der Waals surface area contributed by atoms with Gasteiger partial charge in [0.1, 0.15) is 5.82 Å². The van der Waals surface area contributed by atoms with Crippen molar-refractivity contribution in [3.8, 4) is 0 Å². The number of anilines is 1. The Balaban J connectivity index is 2.97. The highest BCUT2D eigenvalue weighted by molar-refractivity contribution is 5.96. The standard InChI is InChI=1S/C17H25FN2O2/c1-5-13(6-2)11-20(7-3)17(22)14-8-9-15(18)16(10-14)19-12(4)21/h8-10,13H,5-7,11H2,1-4H3,(H,19,21). The zero-order chi connectivity index (χ0) is 16.7. The number of amides is 2. The van der Waals surface area contributed by atoms with Crippen molar-refractivity contribution in [2.75, 3.05) is 18.4 Å². The second-order valence-electron chi connectivity index (χ2n) is 5.40. The Morgan fingerprint density at radius 1 is 1.23 bits per heavy atom. The van der Waals surface area contributed by atoms with Gasteiger partial charge in [-0.25, -0.2) is 4.39 Å². The summed E-state index contributed by atoms with van der Waals surface area (Å²) in [5.74, 6) is -0.595. The Morgan fingerprint density at radius 2 is 1.86 bits per heavy atom. The topological polar surface area (TPSA) is 49.4 Å². The van der Waals surface area contributed by atoms with E-state index in [9.17, 15) is 14.0 Å². The molecule has 0 fully saturated rings. The van der Waals surface area contributed by atoms with Crippen molar-refractivity contribution in [3.05, 3.63) is 29.6 Å². The largest absolute Gasteiger partial charge is 0.339 e. The highest BCUT2D eigenvalue weighted by Gasteiger charge is 2.18.